The predicted octanol–water partition coefficient (Wildman–Crippen LogP) is 3.35. The maximum absolute atomic E-state index is 11.9. The molecule has 1 aromatic rings. The second-order valence-corrected chi connectivity index (χ2v) is 5.14. The monoisotopic (exact) mass is 251 g/mol. The van der Waals surface area contributed by atoms with E-state index in [1.54, 1.807) is 0 Å². The number of nitrogens with one attached hydrogen (secondary N) is 1. The van der Waals surface area contributed by atoms with Crippen LogP contribution in [0.15, 0.2) is 24.3 Å². The molecule has 17 heavy (non-hydrogen) atoms. The van der Waals surface area contributed by atoms with Crippen LogP contribution in [0, 0.1) is 5.41 Å². The maximum atomic E-state index is 11.9. The minimum absolute atomic E-state index is 0.0108. The molecule has 1 saturated carbocycles. The summed E-state index contributed by atoms with van der Waals surface area (Å²) >= 11 is 5.75. The van der Waals surface area contributed by atoms with Gasteiger partial charge in [0.15, 0.2) is 0 Å². The maximum Gasteiger partial charge on any atom is 0.251 e. The molecule has 92 valence electrons. The highest BCUT2D eigenvalue weighted by atomic mass is 35.5. The fourth-order valence-corrected chi connectivity index (χ4v) is 2.16. The molecule has 2 nitrogen and oxygen atoms in total. The first kappa shape index (κ1) is 12.4. The molecule has 1 amide bonds. The molecule has 0 heterocycles. The Morgan fingerprint density at radius 2 is 2.24 bits per heavy atom. The summed E-state index contributed by atoms with van der Waals surface area (Å²) in [5, 5.41) is 3.02. The van der Waals surface area contributed by atoms with Crippen molar-refractivity contribution in [1.29, 1.82) is 0 Å². The van der Waals surface area contributed by atoms with Crippen molar-refractivity contribution >= 4 is 17.5 Å². The zero-order chi connectivity index (χ0) is 12.3. The van der Waals surface area contributed by atoms with Gasteiger partial charge >= 0.3 is 0 Å². The summed E-state index contributed by atoms with van der Waals surface area (Å²) < 4.78 is 0. The summed E-state index contributed by atoms with van der Waals surface area (Å²) in [7, 11) is 0. The van der Waals surface area contributed by atoms with Gasteiger partial charge in [-0.1, -0.05) is 19.1 Å². The Kier molecular flexibility index (Phi) is 3.72. The fourth-order valence-electron chi connectivity index (χ4n) is 2.00. The summed E-state index contributed by atoms with van der Waals surface area (Å²) in [6.07, 6.45) is 3.63. The van der Waals surface area contributed by atoms with Gasteiger partial charge in [0.1, 0.15) is 0 Å². The van der Waals surface area contributed by atoms with Crippen LogP contribution in [0.4, 0.5) is 0 Å². The van der Waals surface area contributed by atoms with Crippen molar-refractivity contribution in [1.82, 2.24) is 5.32 Å². The summed E-state index contributed by atoms with van der Waals surface area (Å²) in [6.45, 7) is 2.99. The number of rotatable bonds is 5. The van der Waals surface area contributed by atoms with Crippen LogP contribution in [0.5, 0.6) is 0 Å². The van der Waals surface area contributed by atoms with E-state index in [4.69, 9.17) is 11.6 Å². The van der Waals surface area contributed by atoms with Crippen LogP contribution in [-0.2, 0) is 5.88 Å². The molecule has 2 rings (SSSR count). The van der Waals surface area contributed by atoms with Crippen LogP contribution in [-0.4, -0.2) is 12.5 Å². The van der Waals surface area contributed by atoms with Crippen molar-refractivity contribution < 1.29 is 4.79 Å². The van der Waals surface area contributed by atoms with Crippen molar-refractivity contribution in [2.75, 3.05) is 6.54 Å². The molecule has 1 aliphatic rings. The molecule has 0 unspecified atom stereocenters. The molecule has 0 atom stereocenters. The van der Waals surface area contributed by atoms with Crippen molar-refractivity contribution in [2.45, 2.75) is 32.1 Å². The van der Waals surface area contributed by atoms with E-state index < -0.39 is 0 Å². The number of hydrogen-bond acceptors (Lipinski definition) is 1. The fraction of sp³-hybridized carbons (Fsp3) is 0.500. The SMILES string of the molecule is CCC1(CNC(=O)c2cccc(CCl)c2)CC1. The number of alkyl halides is 1. The zero-order valence-corrected chi connectivity index (χ0v) is 10.9. The Labute approximate surface area is 107 Å². The van der Waals surface area contributed by atoms with E-state index in [1.165, 1.54) is 12.8 Å². The molecule has 0 spiro atoms. The van der Waals surface area contributed by atoms with Crippen molar-refractivity contribution in [2.24, 2.45) is 5.41 Å². The van der Waals surface area contributed by atoms with Crippen molar-refractivity contribution in [3.05, 3.63) is 35.4 Å². The quantitative estimate of drug-likeness (QED) is 0.799. The Morgan fingerprint density at radius 1 is 1.47 bits per heavy atom. The van der Waals surface area contributed by atoms with E-state index in [1.807, 2.05) is 24.3 Å². The first-order chi connectivity index (χ1) is 8.19. The van der Waals surface area contributed by atoms with E-state index in [0.717, 1.165) is 18.5 Å². The van der Waals surface area contributed by atoms with Crippen LogP contribution >= 0.6 is 11.6 Å². The van der Waals surface area contributed by atoms with Gasteiger partial charge in [-0.3, -0.25) is 4.79 Å². The summed E-state index contributed by atoms with van der Waals surface area (Å²) in [4.78, 5) is 11.9. The normalized spacial score (nSPS) is 16.6. The lowest BCUT2D eigenvalue weighted by Gasteiger charge is -2.13. The summed E-state index contributed by atoms with van der Waals surface area (Å²) in [5.41, 5.74) is 2.07. The molecule has 1 aromatic carbocycles. The lowest BCUT2D eigenvalue weighted by Crippen LogP contribution is -2.29. The second-order valence-electron chi connectivity index (χ2n) is 4.87. The van der Waals surface area contributed by atoms with Crippen LogP contribution < -0.4 is 5.32 Å². The van der Waals surface area contributed by atoms with Crippen molar-refractivity contribution in [3.8, 4) is 0 Å². The Hall–Kier alpha value is -1.02. The lowest BCUT2D eigenvalue weighted by molar-refractivity contribution is 0.0944. The summed E-state index contributed by atoms with van der Waals surface area (Å²) in [6, 6.07) is 7.49. The number of amides is 1. The van der Waals surface area contributed by atoms with Gasteiger partial charge < -0.3 is 5.32 Å². The summed E-state index contributed by atoms with van der Waals surface area (Å²) in [5.74, 6) is 0.455. The molecule has 0 aromatic heterocycles. The first-order valence-corrected chi connectivity index (χ1v) is 6.66. The third-order valence-electron chi connectivity index (χ3n) is 3.67. The van der Waals surface area contributed by atoms with E-state index in [0.29, 0.717) is 16.9 Å². The Morgan fingerprint density at radius 3 is 2.82 bits per heavy atom. The van der Waals surface area contributed by atoms with Gasteiger partial charge in [0, 0.05) is 18.0 Å². The average Bonchev–Trinajstić information content (AvgIpc) is 3.17. The van der Waals surface area contributed by atoms with Crippen LogP contribution in [0.3, 0.4) is 0 Å². The van der Waals surface area contributed by atoms with Crippen LogP contribution in [0.1, 0.15) is 42.1 Å². The van der Waals surface area contributed by atoms with E-state index >= 15 is 0 Å². The van der Waals surface area contributed by atoms with Gasteiger partial charge in [0.05, 0.1) is 0 Å². The third kappa shape index (κ3) is 3.01. The van der Waals surface area contributed by atoms with Crippen LogP contribution in [0.25, 0.3) is 0 Å². The van der Waals surface area contributed by atoms with Crippen LogP contribution in [0.2, 0.25) is 0 Å². The number of hydrogen-bond donors (Lipinski definition) is 1. The van der Waals surface area contributed by atoms with E-state index in [-0.39, 0.29) is 5.91 Å². The van der Waals surface area contributed by atoms with Gasteiger partial charge in [-0.05, 0) is 42.4 Å². The predicted molar refractivity (Wildman–Crippen MR) is 70.3 cm³/mol. The number of carbonyl (C=O) groups is 1. The van der Waals surface area contributed by atoms with Crippen molar-refractivity contribution in [3.63, 3.8) is 0 Å². The minimum Gasteiger partial charge on any atom is -0.351 e. The standard InChI is InChI=1S/C14H18ClNO/c1-2-14(6-7-14)10-16-13(17)12-5-3-4-11(8-12)9-15/h3-5,8H,2,6-7,9-10H2,1H3,(H,16,17). The first-order valence-electron chi connectivity index (χ1n) is 6.12. The van der Waals surface area contributed by atoms with Gasteiger partial charge in [0.2, 0.25) is 0 Å². The molecule has 0 radical (unpaired) electrons. The Balaban J connectivity index is 1.95. The van der Waals surface area contributed by atoms with Gasteiger partial charge in [0.25, 0.3) is 5.91 Å². The zero-order valence-electron chi connectivity index (χ0n) is 10.1. The molecule has 1 aliphatic carbocycles. The molecule has 1 fully saturated rings. The highest BCUT2D eigenvalue weighted by Gasteiger charge is 2.40. The van der Waals surface area contributed by atoms with Gasteiger partial charge in [-0.15, -0.1) is 11.6 Å². The number of halogens is 1. The van der Waals surface area contributed by atoms with E-state index in [9.17, 15) is 4.79 Å². The molecular weight excluding hydrogens is 234 g/mol. The number of benzene rings is 1. The van der Waals surface area contributed by atoms with E-state index in [2.05, 4.69) is 12.2 Å². The average molecular weight is 252 g/mol. The highest BCUT2D eigenvalue weighted by molar-refractivity contribution is 6.17. The number of carbonyl (C=O) groups excluding carboxylic acids is 1. The van der Waals surface area contributed by atoms with Gasteiger partial charge in [-0.25, -0.2) is 0 Å². The van der Waals surface area contributed by atoms with Gasteiger partial charge in [-0.2, -0.15) is 0 Å². The molecular formula is C14H18ClNO. The molecule has 3 heteroatoms. The third-order valence-corrected chi connectivity index (χ3v) is 3.98. The Bertz CT molecular complexity index is 412. The largest absolute Gasteiger partial charge is 0.351 e. The second kappa shape index (κ2) is 5.09. The topological polar surface area (TPSA) is 29.1 Å². The molecule has 0 aliphatic heterocycles. The molecule has 0 bridgehead atoms. The lowest BCUT2D eigenvalue weighted by atomic mass is 10.0. The highest BCUT2D eigenvalue weighted by Crippen LogP contribution is 2.47. The molecule has 1 N–H and O–H groups in total. The molecule has 0 saturated heterocycles. The minimum atomic E-state index is 0.0108. The smallest absolute Gasteiger partial charge is 0.251 e.